The fourth-order valence-electron chi connectivity index (χ4n) is 2.92. The highest BCUT2D eigenvalue weighted by Gasteiger charge is 2.30. The quantitative estimate of drug-likeness (QED) is 0.569. The van der Waals surface area contributed by atoms with Crippen LogP contribution in [0.2, 0.25) is 0 Å². The van der Waals surface area contributed by atoms with Gasteiger partial charge in [0.25, 0.3) is 0 Å². The molecule has 0 radical (unpaired) electrons. The zero-order chi connectivity index (χ0) is 21.2. The summed E-state index contributed by atoms with van der Waals surface area (Å²) in [5.74, 6) is -6.33. The second-order valence-electron chi connectivity index (χ2n) is 5.53. The number of hydrogen-bond donors (Lipinski definition) is 4. The second kappa shape index (κ2) is 7.58. The minimum Gasteiger partial charge on any atom is -0.478 e. The first-order valence-corrected chi connectivity index (χ1v) is 7.68. The van der Waals surface area contributed by atoms with Crippen molar-refractivity contribution in [1.29, 1.82) is 0 Å². The van der Waals surface area contributed by atoms with Crippen LogP contribution in [0.15, 0.2) is 37.4 Å². The van der Waals surface area contributed by atoms with Crippen molar-refractivity contribution < 1.29 is 39.6 Å². The van der Waals surface area contributed by atoms with E-state index in [0.717, 1.165) is 12.1 Å². The molecule has 0 atom stereocenters. The largest absolute Gasteiger partial charge is 0.478 e. The molecular weight excluding hydrogens is 368 g/mol. The van der Waals surface area contributed by atoms with E-state index in [0.29, 0.717) is 0 Å². The van der Waals surface area contributed by atoms with Crippen LogP contribution in [0.3, 0.4) is 0 Å². The molecule has 0 spiro atoms. The first-order valence-electron chi connectivity index (χ1n) is 7.68. The standard InChI is InChI=1S/C20H14O8/c1-3-9-5-7-11(17(21)22)15(19(25)26)13(9)14-10(4-2)6-8-12(18(23)24)16(14)20(27)28/h3-8H,1-2H2,(H,21,22)(H,23,24)(H,25,26)(H,27,28). The van der Waals surface area contributed by atoms with Crippen molar-refractivity contribution in [3.05, 3.63) is 70.8 Å². The molecule has 142 valence electrons. The molecule has 2 aromatic carbocycles. The van der Waals surface area contributed by atoms with E-state index in [2.05, 4.69) is 13.2 Å². The number of carboxylic acid groups (broad SMARTS) is 4. The lowest BCUT2D eigenvalue weighted by Crippen LogP contribution is -2.15. The first kappa shape index (κ1) is 20.1. The molecule has 8 heteroatoms. The molecule has 0 aromatic heterocycles. The van der Waals surface area contributed by atoms with Crippen LogP contribution in [-0.4, -0.2) is 44.3 Å². The number of hydrogen-bond acceptors (Lipinski definition) is 4. The molecular formula is C20H14O8. The minimum absolute atomic E-state index is 0.121. The molecule has 0 amide bonds. The van der Waals surface area contributed by atoms with Crippen LogP contribution < -0.4 is 0 Å². The van der Waals surface area contributed by atoms with E-state index >= 15 is 0 Å². The van der Waals surface area contributed by atoms with Gasteiger partial charge in [-0.2, -0.15) is 0 Å². The Morgan fingerprint density at radius 3 is 1.14 bits per heavy atom. The van der Waals surface area contributed by atoms with Gasteiger partial charge in [0.15, 0.2) is 0 Å². The molecule has 0 aliphatic rings. The van der Waals surface area contributed by atoms with Crippen LogP contribution in [0.5, 0.6) is 0 Å². The van der Waals surface area contributed by atoms with Crippen molar-refractivity contribution >= 4 is 36.0 Å². The molecule has 0 saturated heterocycles. The molecule has 8 nitrogen and oxygen atoms in total. The topological polar surface area (TPSA) is 149 Å². The Bertz CT molecular complexity index is 977. The van der Waals surface area contributed by atoms with Crippen LogP contribution in [0.25, 0.3) is 23.3 Å². The Labute approximate surface area is 158 Å². The van der Waals surface area contributed by atoms with E-state index in [-0.39, 0.29) is 22.3 Å². The van der Waals surface area contributed by atoms with E-state index in [1.165, 1.54) is 24.3 Å². The lowest BCUT2D eigenvalue weighted by atomic mass is 9.84. The Kier molecular flexibility index (Phi) is 5.45. The molecule has 0 saturated carbocycles. The molecule has 0 heterocycles. The molecule has 0 fully saturated rings. The molecule has 0 bridgehead atoms. The predicted octanol–water partition coefficient (Wildman–Crippen LogP) is 3.43. The zero-order valence-corrected chi connectivity index (χ0v) is 14.3. The molecule has 2 rings (SSSR count). The van der Waals surface area contributed by atoms with Crippen molar-refractivity contribution in [3.63, 3.8) is 0 Å². The SMILES string of the molecule is C=Cc1ccc(C(=O)O)c(C(=O)O)c1-c1c(C=C)ccc(C(=O)O)c1C(=O)O. The average molecular weight is 382 g/mol. The highest BCUT2D eigenvalue weighted by molar-refractivity contribution is 6.14. The lowest BCUT2D eigenvalue weighted by molar-refractivity contribution is 0.0650. The second-order valence-corrected chi connectivity index (χ2v) is 5.53. The maximum atomic E-state index is 11.9. The predicted molar refractivity (Wildman–Crippen MR) is 99.9 cm³/mol. The molecule has 2 aromatic rings. The maximum Gasteiger partial charge on any atom is 0.337 e. The number of aromatic carboxylic acids is 4. The monoisotopic (exact) mass is 382 g/mol. The summed E-state index contributed by atoms with van der Waals surface area (Å²) >= 11 is 0. The highest BCUT2D eigenvalue weighted by Crippen LogP contribution is 2.38. The molecule has 28 heavy (non-hydrogen) atoms. The Morgan fingerprint density at radius 2 is 0.929 bits per heavy atom. The maximum absolute atomic E-state index is 11.9. The fraction of sp³-hybridized carbons (Fsp3) is 0. The third kappa shape index (κ3) is 3.26. The Morgan fingerprint density at radius 1 is 0.607 bits per heavy atom. The van der Waals surface area contributed by atoms with Gasteiger partial charge in [0, 0.05) is 11.1 Å². The molecule has 4 N–H and O–H groups in total. The van der Waals surface area contributed by atoms with Crippen LogP contribution in [0.4, 0.5) is 0 Å². The summed E-state index contributed by atoms with van der Waals surface area (Å²) in [6.07, 6.45) is 2.44. The normalized spacial score (nSPS) is 10.1. The molecule has 0 aliphatic heterocycles. The van der Waals surface area contributed by atoms with Gasteiger partial charge in [-0.1, -0.05) is 37.4 Å². The van der Waals surface area contributed by atoms with Crippen LogP contribution >= 0.6 is 0 Å². The first-order chi connectivity index (χ1) is 13.1. The highest BCUT2D eigenvalue weighted by atomic mass is 16.4. The van der Waals surface area contributed by atoms with Crippen LogP contribution in [0.1, 0.15) is 52.6 Å². The van der Waals surface area contributed by atoms with Gasteiger partial charge in [-0.05, 0) is 23.3 Å². The summed E-state index contributed by atoms with van der Waals surface area (Å²) in [4.78, 5) is 46.9. The Balaban J connectivity index is 3.24. The van der Waals surface area contributed by atoms with Crippen LogP contribution in [0, 0.1) is 0 Å². The van der Waals surface area contributed by atoms with Crippen molar-refractivity contribution in [2.24, 2.45) is 0 Å². The van der Waals surface area contributed by atoms with Crippen molar-refractivity contribution in [2.75, 3.05) is 0 Å². The number of rotatable bonds is 7. The summed E-state index contributed by atoms with van der Waals surface area (Å²) < 4.78 is 0. The minimum atomic E-state index is -1.62. The van der Waals surface area contributed by atoms with Gasteiger partial charge in [0.2, 0.25) is 0 Å². The van der Waals surface area contributed by atoms with Gasteiger partial charge in [0.05, 0.1) is 22.3 Å². The van der Waals surface area contributed by atoms with Crippen molar-refractivity contribution in [3.8, 4) is 11.1 Å². The summed E-state index contributed by atoms with van der Waals surface area (Å²) in [5, 5.41) is 38.1. The van der Waals surface area contributed by atoms with Gasteiger partial charge >= 0.3 is 23.9 Å². The summed E-state index contributed by atoms with van der Waals surface area (Å²) in [5.41, 5.74) is -2.82. The lowest BCUT2D eigenvalue weighted by Gasteiger charge is -2.18. The smallest absolute Gasteiger partial charge is 0.337 e. The fourth-order valence-corrected chi connectivity index (χ4v) is 2.92. The number of carbonyl (C=O) groups is 4. The van der Waals surface area contributed by atoms with Gasteiger partial charge in [-0.15, -0.1) is 0 Å². The van der Waals surface area contributed by atoms with Gasteiger partial charge in [0.1, 0.15) is 0 Å². The van der Waals surface area contributed by atoms with E-state index < -0.39 is 46.1 Å². The summed E-state index contributed by atoms with van der Waals surface area (Å²) in [7, 11) is 0. The third-order valence-electron chi connectivity index (χ3n) is 4.05. The molecule has 0 unspecified atom stereocenters. The summed E-state index contributed by atoms with van der Waals surface area (Å²) in [6.45, 7) is 7.10. The zero-order valence-electron chi connectivity index (χ0n) is 14.3. The Hall–Kier alpha value is -4.20. The van der Waals surface area contributed by atoms with E-state index in [9.17, 15) is 39.6 Å². The van der Waals surface area contributed by atoms with E-state index in [1.807, 2.05) is 0 Å². The number of carboxylic acids is 4. The average Bonchev–Trinajstić information content (AvgIpc) is 2.64. The van der Waals surface area contributed by atoms with Crippen LogP contribution in [-0.2, 0) is 0 Å². The van der Waals surface area contributed by atoms with Crippen molar-refractivity contribution in [2.45, 2.75) is 0 Å². The van der Waals surface area contributed by atoms with E-state index in [1.54, 1.807) is 0 Å². The van der Waals surface area contributed by atoms with Gasteiger partial charge < -0.3 is 20.4 Å². The summed E-state index contributed by atoms with van der Waals surface area (Å²) in [6, 6.07) is 4.65. The number of benzene rings is 2. The third-order valence-corrected chi connectivity index (χ3v) is 4.05. The van der Waals surface area contributed by atoms with Crippen molar-refractivity contribution in [1.82, 2.24) is 0 Å². The van der Waals surface area contributed by atoms with E-state index in [4.69, 9.17) is 0 Å². The van der Waals surface area contributed by atoms with Gasteiger partial charge in [-0.3, -0.25) is 0 Å². The molecule has 0 aliphatic carbocycles. The van der Waals surface area contributed by atoms with Gasteiger partial charge in [-0.25, -0.2) is 19.2 Å².